The van der Waals surface area contributed by atoms with Gasteiger partial charge in [0.1, 0.15) is 6.61 Å². The second-order valence-electron chi connectivity index (χ2n) is 8.43. The molecule has 5 heterocycles. The number of rotatable bonds is 5. The summed E-state index contributed by atoms with van der Waals surface area (Å²) in [5.41, 5.74) is 9.86. The minimum absolute atomic E-state index is 0.0145. The largest absolute Gasteiger partial charge is 0.485 e. The second kappa shape index (κ2) is 8.14. The van der Waals surface area contributed by atoms with Crippen LogP contribution in [0.25, 0.3) is 11.3 Å². The first kappa shape index (κ1) is 20.3. The number of nitrogens with zero attached hydrogens (tertiary/aromatic N) is 5. The third kappa shape index (κ3) is 3.63. The van der Waals surface area contributed by atoms with Gasteiger partial charge in [0.2, 0.25) is 0 Å². The first-order chi connectivity index (χ1) is 15.6. The standard InChI is InChI=1S/C23H27N7O2/c1-2-26-22(31)29-8-5-23(15-29)6-9-30-20(23)11-18(28-30)17-10-19(21(24)27-13-17)32-14-16-4-3-7-25-12-16/h3-4,7,10-13H,2,5-6,8-9,14-15H2,1H3,(H2,24,27)(H,26,31)/t23-/m1/s1. The van der Waals surface area contributed by atoms with Crippen LogP contribution in [0.4, 0.5) is 10.6 Å². The molecular weight excluding hydrogens is 406 g/mol. The van der Waals surface area contributed by atoms with Crippen LogP contribution in [0.3, 0.4) is 0 Å². The van der Waals surface area contributed by atoms with Crippen molar-refractivity contribution in [2.24, 2.45) is 0 Å². The summed E-state index contributed by atoms with van der Waals surface area (Å²) in [6.07, 6.45) is 7.18. The number of anilines is 1. The number of ether oxygens (including phenoxy) is 1. The average molecular weight is 434 g/mol. The van der Waals surface area contributed by atoms with Crippen molar-refractivity contribution in [1.29, 1.82) is 0 Å². The molecule has 166 valence electrons. The van der Waals surface area contributed by atoms with Crippen LogP contribution >= 0.6 is 0 Å². The molecule has 3 N–H and O–H groups in total. The number of nitrogens with two attached hydrogens (primary N) is 1. The van der Waals surface area contributed by atoms with Crippen LogP contribution in [0.15, 0.2) is 42.9 Å². The van der Waals surface area contributed by atoms with Crippen molar-refractivity contribution in [3.63, 3.8) is 0 Å². The molecule has 3 aromatic rings. The number of nitrogens with one attached hydrogen (secondary N) is 1. The smallest absolute Gasteiger partial charge is 0.317 e. The second-order valence-corrected chi connectivity index (χ2v) is 8.43. The SMILES string of the molecule is CCNC(=O)N1CC[C@@]2(CCn3nc(-c4cnc(N)c(OCc5cccnc5)c4)cc32)C1. The van der Waals surface area contributed by atoms with Crippen molar-refractivity contribution < 1.29 is 9.53 Å². The van der Waals surface area contributed by atoms with Crippen molar-refractivity contribution >= 4 is 11.8 Å². The quantitative estimate of drug-likeness (QED) is 0.640. The molecule has 0 saturated carbocycles. The maximum Gasteiger partial charge on any atom is 0.317 e. The minimum atomic E-state index is -0.0305. The Morgan fingerprint density at radius 1 is 1.28 bits per heavy atom. The average Bonchev–Trinajstić information content (AvgIpc) is 3.51. The van der Waals surface area contributed by atoms with Gasteiger partial charge < -0.3 is 20.7 Å². The number of hydrogen-bond acceptors (Lipinski definition) is 6. The van der Waals surface area contributed by atoms with E-state index < -0.39 is 0 Å². The highest BCUT2D eigenvalue weighted by Crippen LogP contribution is 2.44. The van der Waals surface area contributed by atoms with Gasteiger partial charge in [0.25, 0.3) is 0 Å². The van der Waals surface area contributed by atoms with Gasteiger partial charge in [-0.05, 0) is 38.0 Å². The molecule has 0 aliphatic carbocycles. The Hall–Kier alpha value is -3.62. The van der Waals surface area contributed by atoms with Crippen molar-refractivity contribution in [2.75, 3.05) is 25.4 Å². The molecule has 1 spiro atoms. The van der Waals surface area contributed by atoms with Gasteiger partial charge in [-0.25, -0.2) is 9.78 Å². The predicted octanol–water partition coefficient (Wildman–Crippen LogP) is 2.58. The Balaban J connectivity index is 1.36. The fraction of sp³-hybridized carbons (Fsp3) is 0.391. The zero-order chi connectivity index (χ0) is 22.1. The molecule has 32 heavy (non-hydrogen) atoms. The molecular formula is C23H27N7O2. The van der Waals surface area contributed by atoms with Crippen LogP contribution in [0, 0.1) is 0 Å². The molecule has 0 aromatic carbocycles. The molecule has 5 rings (SSSR count). The normalized spacial score (nSPS) is 19.3. The molecule has 0 bridgehead atoms. The van der Waals surface area contributed by atoms with E-state index in [-0.39, 0.29) is 11.4 Å². The molecule has 0 unspecified atom stereocenters. The van der Waals surface area contributed by atoms with Gasteiger partial charge in [0.15, 0.2) is 11.6 Å². The van der Waals surface area contributed by atoms with Gasteiger partial charge in [-0.2, -0.15) is 5.10 Å². The molecule has 2 aliphatic heterocycles. The number of hydrogen-bond donors (Lipinski definition) is 2. The fourth-order valence-electron chi connectivity index (χ4n) is 4.68. The summed E-state index contributed by atoms with van der Waals surface area (Å²) >= 11 is 0. The first-order valence-corrected chi connectivity index (χ1v) is 11.0. The lowest BCUT2D eigenvalue weighted by atomic mass is 9.82. The third-order valence-corrected chi connectivity index (χ3v) is 6.39. The lowest BCUT2D eigenvalue weighted by Crippen LogP contribution is -2.40. The molecule has 1 fully saturated rings. The van der Waals surface area contributed by atoms with Gasteiger partial charge in [-0.15, -0.1) is 0 Å². The summed E-state index contributed by atoms with van der Waals surface area (Å²) in [6.45, 7) is 5.29. The van der Waals surface area contributed by atoms with E-state index in [0.29, 0.717) is 24.7 Å². The molecule has 9 heteroatoms. The zero-order valence-corrected chi connectivity index (χ0v) is 18.1. The molecule has 0 radical (unpaired) electrons. The summed E-state index contributed by atoms with van der Waals surface area (Å²) in [5.74, 6) is 0.867. The Kier molecular flexibility index (Phi) is 5.16. The van der Waals surface area contributed by atoms with E-state index >= 15 is 0 Å². The van der Waals surface area contributed by atoms with E-state index in [0.717, 1.165) is 49.3 Å². The Labute approximate surface area is 186 Å². The first-order valence-electron chi connectivity index (χ1n) is 11.0. The number of pyridine rings is 2. The van der Waals surface area contributed by atoms with Crippen molar-refractivity contribution in [3.05, 3.63) is 54.1 Å². The number of carbonyl (C=O) groups is 1. The zero-order valence-electron chi connectivity index (χ0n) is 18.1. The maximum absolute atomic E-state index is 12.3. The van der Waals surface area contributed by atoms with E-state index in [4.69, 9.17) is 15.6 Å². The van der Waals surface area contributed by atoms with Crippen LogP contribution in [0.5, 0.6) is 5.75 Å². The minimum Gasteiger partial charge on any atom is -0.485 e. The highest BCUT2D eigenvalue weighted by Gasteiger charge is 2.46. The highest BCUT2D eigenvalue weighted by molar-refractivity contribution is 5.75. The number of likely N-dealkylation sites (tertiary alicyclic amines) is 1. The topological polar surface area (TPSA) is 111 Å². The highest BCUT2D eigenvalue weighted by atomic mass is 16.5. The fourth-order valence-corrected chi connectivity index (χ4v) is 4.68. The van der Waals surface area contributed by atoms with Gasteiger partial charge in [0, 0.05) is 67.0 Å². The van der Waals surface area contributed by atoms with Crippen molar-refractivity contribution in [2.45, 2.75) is 38.3 Å². The number of urea groups is 1. The number of nitrogen functional groups attached to an aromatic ring is 1. The summed E-state index contributed by atoms with van der Waals surface area (Å²) in [5, 5.41) is 7.74. The number of amides is 2. The maximum atomic E-state index is 12.3. The van der Waals surface area contributed by atoms with Crippen molar-refractivity contribution in [1.82, 2.24) is 30.0 Å². The van der Waals surface area contributed by atoms with E-state index in [1.165, 1.54) is 5.69 Å². The van der Waals surface area contributed by atoms with Crippen LogP contribution < -0.4 is 15.8 Å². The van der Waals surface area contributed by atoms with Gasteiger partial charge in [-0.3, -0.25) is 9.67 Å². The molecule has 3 aromatic heterocycles. The van der Waals surface area contributed by atoms with Gasteiger partial charge in [-0.1, -0.05) is 6.07 Å². The van der Waals surface area contributed by atoms with Gasteiger partial charge in [0.05, 0.1) is 5.69 Å². The summed E-state index contributed by atoms with van der Waals surface area (Å²) in [6, 6.07) is 7.85. The van der Waals surface area contributed by atoms with Crippen LogP contribution in [-0.4, -0.2) is 50.3 Å². The number of fused-ring (bicyclic) bond motifs is 2. The monoisotopic (exact) mass is 433 g/mol. The molecule has 9 nitrogen and oxygen atoms in total. The Morgan fingerprint density at radius 3 is 2.97 bits per heavy atom. The van der Waals surface area contributed by atoms with E-state index in [1.807, 2.05) is 30.0 Å². The lowest BCUT2D eigenvalue weighted by Gasteiger charge is -2.23. The predicted molar refractivity (Wildman–Crippen MR) is 120 cm³/mol. The number of aromatic nitrogens is 4. The van der Waals surface area contributed by atoms with Crippen LogP contribution in [0.1, 0.15) is 31.0 Å². The van der Waals surface area contributed by atoms with E-state index in [2.05, 4.69) is 26.0 Å². The molecule has 1 saturated heterocycles. The Bertz CT molecular complexity index is 1130. The summed E-state index contributed by atoms with van der Waals surface area (Å²) in [4.78, 5) is 22.7. The molecule has 1 atom stereocenters. The number of carbonyl (C=O) groups excluding carboxylic acids is 1. The molecule has 2 aliphatic rings. The van der Waals surface area contributed by atoms with Crippen LogP contribution in [0.2, 0.25) is 0 Å². The molecule has 2 amide bonds. The summed E-state index contributed by atoms with van der Waals surface area (Å²) < 4.78 is 7.98. The lowest BCUT2D eigenvalue weighted by molar-refractivity contribution is 0.206. The third-order valence-electron chi connectivity index (χ3n) is 6.39. The summed E-state index contributed by atoms with van der Waals surface area (Å²) in [7, 11) is 0. The van der Waals surface area contributed by atoms with E-state index in [1.54, 1.807) is 18.6 Å². The van der Waals surface area contributed by atoms with Crippen molar-refractivity contribution in [3.8, 4) is 17.0 Å². The Morgan fingerprint density at radius 2 is 2.16 bits per heavy atom. The number of aryl methyl sites for hydroxylation is 1. The van der Waals surface area contributed by atoms with Crippen LogP contribution in [-0.2, 0) is 18.6 Å². The van der Waals surface area contributed by atoms with Gasteiger partial charge >= 0.3 is 6.03 Å². The van der Waals surface area contributed by atoms with E-state index in [9.17, 15) is 4.79 Å².